The number of carbonyl (C=O) groups excluding carboxylic acids is 4. The third-order valence-corrected chi connectivity index (χ3v) is 7.79. The van der Waals surface area contributed by atoms with E-state index >= 15 is 0 Å². The normalized spacial score (nSPS) is 18.8. The number of aryl methyl sites for hydroxylation is 1. The molecule has 1 atom stereocenters. The van der Waals surface area contributed by atoms with Crippen LogP contribution in [0.15, 0.2) is 36.4 Å². The van der Waals surface area contributed by atoms with Crippen LogP contribution in [0.4, 0.5) is 19.8 Å². The van der Waals surface area contributed by atoms with Crippen molar-refractivity contribution in [3.63, 3.8) is 0 Å². The molecule has 2 N–H and O–H groups in total. The lowest BCUT2D eigenvalue weighted by Gasteiger charge is -2.36. The average molecular weight is 627 g/mol. The lowest BCUT2D eigenvalue weighted by Crippen LogP contribution is -2.60. The van der Waals surface area contributed by atoms with Crippen molar-refractivity contribution in [2.75, 3.05) is 24.6 Å². The summed E-state index contributed by atoms with van der Waals surface area (Å²) in [5, 5.41) is 5.27. The van der Waals surface area contributed by atoms with E-state index in [0.29, 0.717) is 37.2 Å². The number of nitrogens with one attached hydrogen (secondary N) is 2. The van der Waals surface area contributed by atoms with Gasteiger partial charge in [-0.2, -0.15) is 0 Å². The van der Waals surface area contributed by atoms with Crippen molar-refractivity contribution in [1.29, 1.82) is 0 Å². The molecule has 2 aromatic rings. The Morgan fingerprint density at radius 2 is 1.82 bits per heavy atom. The van der Waals surface area contributed by atoms with Gasteiger partial charge in [0, 0.05) is 18.2 Å². The van der Waals surface area contributed by atoms with E-state index in [9.17, 15) is 23.6 Å². The number of anilines is 1. The first kappa shape index (κ1) is 33.7. The summed E-state index contributed by atoms with van der Waals surface area (Å²) in [6.45, 7) is 8.82. The largest absolute Gasteiger partial charge is 0.464 e. The molecule has 1 aliphatic heterocycles. The van der Waals surface area contributed by atoms with Gasteiger partial charge in [-0.25, -0.2) is 23.8 Å². The molecule has 0 radical (unpaired) electrons. The van der Waals surface area contributed by atoms with Gasteiger partial charge in [-0.1, -0.05) is 18.2 Å². The van der Waals surface area contributed by atoms with Crippen LogP contribution >= 0.6 is 0 Å². The zero-order valence-corrected chi connectivity index (χ0v) is 26.6. The van der Waals surface area contributed by atoms with Crippen molar-refractivity contribution in [1.82, 2.24) is 15.6 Å². The zero-order chi connectivity index (χ0) is 32.8. The maximum Gasteiger partial charge on any atom is 0.416 e. The molecule has 12 heteroatoms. The second-order valence-corrected chi connectivity index (χ2v) is 12.9. The van der Waals surface area contributed by atoms with Crippen LogP contribution in [-0.4, -0.2) is 59.9 Å². The molecule has 0 unspecified atom stereocenters. The van der Waals surface area contributed by atoms with Crippen molar-refractivity contribution >= 4 is 29.9 Å². The second-order valence-electron chi connectivity index (χ2n) is 12.9. The second kappa shape index (κ2) is 14.3. The summed E-state index contributed by atoms with van der Waals surface area (Å²) in [6, 6.07) is 9.62. The molecule has 0 spiro atoms. The third kappa shape index (κ3) is 9.15. The summed E-state index contributed by atoms with van der Waals surface area (Å²) in [6.07, 6.45) is 2.32. The van der Waals surface area contributed by atoms with E-state index in [1.165, 1.54) is 25.1 Å². The van der Waals surface area contributed by atoms with Gasteiger partial charge in [0.2, 0.25) is 5.91 Å². The molecule has 45 heavy (non-hydrogen) atoms. The number of pyridine rings is 1. The van der Waals surface area contributed by atoms with Crippen molar-refractivity contribution < 1.29 is 37.8 Å². The highest BCUT2D eigenvalue weighted by Gasteiger charge is 2.40. The monoisotopic (exact) mass is 626 g/mol. The maximum atomic E-state index is 13.4. The van der Waals surface area contributed by atoms with Crippen LogP contribution in [0.1, 0.15) is 70.7 Å². The fourth-order valence-electron chi connectivity index (χ4n) is 5.40. The lowest BCUT2D eigenvalue weighted by molar-refractivity contribution is -0.150. The van der Waals surface area contributed by atoms with E-state index in [0.717, 1.165) is 24.1 Å². The summed E-state index contributed by atoms with van der Waals surface area (Å²) >= 11 is 0. The van der Waals surface area contributed by atoms with Gasteiger partial charge in [-0.15, -0.1) is 0 Å². The van der Waals surface area contributed by atoms with Crippen LogP contribution < -0.4 is 15.5 Å². The van der Waals surface area contributed by atoms with E-state index in [1.807, 2.05) is 32.9 Å². The maximum absolute atomic E-state index is 13.4. The molecule has 1 aliphatic carbocycles. The fourth-order valence-corrected chi connectivity index (χ4v) is 5.40. The molecule has 1 aromatic heterocycles. The van der Waals surface area contributed by atoms with Crippen molar-refractivity contribution in [3.8, 4) is 0 Å². The van der Waals surface area contributed by atoms with Gasteiger partial charge in [0.05, 0.1) is 13.2 Å². The number of hydrogen-bond donors (Lipinski definition) is 2. The number of fused-ring (bicyclic) bond motifs is 1. The Labute approximate surface area is 263 Å². The van der Waals surface area contributed by atoms with Crippen molar-refractivity contribution in [2.24, 2.45) is 11.8 Å². The molecule has 11 nitrogen and oxygen atoms in total. The molecule has 1 saturated carbocycles. The van der Waals surface area contributed by atoms with Gasteiger partial charge >= 0.3 is 18.2 Å². The topological polar surface area (TPSA) is 136 Å². The number of amides is 3. The van der Waals surface area contributed by atoms with Crippen LogP contribution in [0.2, 0.25) is 0 Å². The molecule has 3 amide bonds. The smallest absolute Gasteiger partial charge is 0.416 e. The van der Waals surface area contributed by atoms with Gasteiger partial charge in [0.25, 0.3) is 0 Å². The Morgan fingerprint density at radius 3 is 2.51 bits per heavy atom. The van der Waals surface area contributed by atoms with Crippen LogP contribution in [0.25, 0.3) is 0 Å². The SMILES string of the molecule is CCOC(=O)[C@@](C)(CNC(=O)[C@H]1C[C@H](Cc2ccc3c(n2)N(C(=O)OC(C)(C)C)CCC3)C1)NC(=O)OCc1cccc(F)c1. The average Bonchev–Trinajstić information content (AvgIpc) is 2.95. The first-order valence-electron chi connectivity index (χ1n) is 15.4. The third-order valence-electron chi connectivity index (χ3n) is 7.79. The lowest BCUT2D eigenvalue weighted by atomic mass is 9.72. The summed E-state index contributed by atoms with van der Waals surface area (Å²) in [7, 11) is 0. The van der Waals surface area contributed by atoms with Crippen LogP contribution in [0, 0.1) is 17.7 Å². The Kier molecular flexibility index (Phi) is 10.7. The number of benzene rings is 1. The zero-order valence-electron chi connectivity index (χ0n) is 26.6. The Hall–Kier alpha value is -4.22. The number of halogens is 1. The minimum absolute atomic E-state index is 0.0823. The van der Waals surface area contributed by atoms with E-state index in [1.54, 1.807) is 17.9 Å². The quantitative estimate of drug-likeness (QED) is 0.283. The number of carbonyl (C=O) groups is 4. The predicted octanol–water partition coefficient (Wildman–Crippen LogP) is 4.84. The number of nitrogens with zero attached hydrogens (tertiary/aromatic N) is 2. The van der Waals surface area contributed by atoms with E-state index in [2.05, 4.69) is 10.6 Å². The Bertz CT molecular complexity index is 1410. The van der Waals surface area contributed by atoms with Gasteiger partial charge in [0.15, 0.2) is 5.54 Å². The number of aromatic nitrogens is 1. The molecule has 1 fully saturated rings. The minimum atomic E-state index is -1.58. The first-order chi connectivity index (χ1) is 21.3. The number of alkyl carbamates (subject to hydrolysis) is 1. The Balaban J connectivity index is 1.29. The molecular formula is C33H43FN4O7. The summed E-state index contributed by atoms with van der Waals surface area (Å²) in [5.74, 6) is -0.793. The summed E-state index contributed by atoms with van der Waals surface area (Å²) in [4.78, 5) is 57.5. The van der Waals surface area contributed by atoms with Gasteiger partial charge in [-0.05, 0) is 102 Å². The summed E-state index contributed by atoms with van der Waals surface area (Å²) in [5.41, 5.74) is 0.120. The summed E-state index contributed by atoms with van der Waals surface area (Å²) < 4.78 is 29.3. The molecule has 2 aliphatic rings. The minimum Gasteiger partial charge on any atom is -0.464 e. The van der Waals surface area contributed by atoms with E-state index in [-0.39, 0.29) is 37.5 Å². The highest BCUT2D eigenvalue weighted by atomic mass is 19.1. The molecule has 0 saturated heterocycles. The molecule has 0 bridgehead atoms. The van der Waals surface area contributed by atoms with Gasteiger partial charge < -0.3 is 24.8 Å². The highest BCUT2D eigenvalue weighted by Crippen LogP contribution is 2.37. The predicted molar refractivity (Wildman–Crippen MR) is 164 cm³/mol. The number of esters is 1. The van der Waals surface area contributed by atoms with Crippen LogP contribution in [-0.2, 0) is 43.2 Å². The first-order valence-corrected chi connectivity index (χ1v) is 15.4. The standard InChI is InChI=1S/C33H43FN4O7/c1-6-43-29(40)33(5,37-30(41)44-19-21-9-7-11-25(34)17-21)20-35-28(39)24-15-22(16-24)18-26-13-12-23-10-8-14-38(27(23)36-26)31(42)45-32(2,3)4/h7,9,11-13,17,22,24H,6,8,10,14-16,18-20H2,1-5H3,(H,35,39)(H,37,41)/t22-,24-,33-/m1/s1. The number of hydrogen-bond acceptors (Lipinski definition) is 8. The number of ether oxygens (including phenoxy) is 3. The molecule has 244 valence electrons. The Morgan fingerprint density at radius 1 is 1.07 bits per heavy atom. The van der Waals surface area contributed by atoms with Crippen molar-refractivity contribution in [3.05, 3.63) is 59.0 Å². The van der Waals surface area contributed by atoms with Gasteiger partial charge in [-0.3, -0.25) is 9.69 Å². The van der Waals surface area contributed by atoms with E-state index in [4.69, 9.17) is 19.2 Å². The number of rotatable bonds is 10. The van der Waals surface area contributed by atoms with Gasteiger partial charge in [0.1, 0.15) is 23.8 Å². The molecular weight excluding hydrogens is 583 g/mol. The van der Waals surface area contributed by atoms with Crippen LogP contribution in [0.5, 0.6) is 0 Å². The molecule has 4 rings (SSSR count). The molecule has 1 aromatic carbocycles. The van der Waals surface area contributed by atoms with E-state index < -0.39 is 35.1 Å². The fraction of sp³-hybridized carbons (Fsp3) is 0.545. The van der Waals surface area contributed by atoms with Crippen molar-refractivity contribution in [2.45, 2.75) is 84.5 Å². The van der Waals surface area contributed by atoms with Crippen LogP contribution in [0.3, 0.4) is 0 Å². The highest BCUT2D eigenvalue weighted by molar-refractivity contribution is 5.88. The molecule has 2 heterocycles.